The summed E-state index contributed by atoms with van der Waals surface area (Å²) in [5, 5.41) is 2.45. The van der Waals surface area contributed by atoms with Crippen molar-refractivity contribution in [2.24, 2.45) is 0 Å². The van der Waals surface area contributed by atoms with E-state index < -0.39 is 0 Å². The minimum Gasteiger partial charge on any atom is -0.310 e. The summed E-state index contributed by atoms with van der Waals surface area (Å²) >= 11 is 0. The van der Waals surface area contributed by atoms with E-state index in [0.717, 1.165) is 17.1 Å². The van der Waals surface area contributed by atoms with Crippen LogP contribution >= 0.6 is 0 Å². The summed E-state index contributed by atoms with van der Waals surface area (Å²) in [6.45, 7) is 4.78. The van der Waals surface area contributed by atoms with E-state index in [2.05, 4.69) is 242 Å². The van der Waals surface area contributed by atoms with Gasteiger partial charge in [-0.15, -0.1) is 0 Å². The summed E-state index contributed by atoms with van der Waals surface area (Å²) in [5.41, 5.74) is 16.5. The first-order valence-electron chi connectivity index (χ1n) is 19.8. The lowest BCUT2D eigenvalue weighted by atomic mass is 9.70. The van der Waals surface area contributed by atoms with Gasteiger partial charge in [-0.05, 0) is 92.9 Å². The van der Waals surface area contributed by atoms with E-state index in [0.29, 0.717) is 0 Å². The number of nitrogens with zero attached hydrogens (tertiary/aromatic N) is 2. The Labute approximate surface area is 335 Å². The van der Waals surface area contributed by atoms with E-state index in [-0.39, 0.29) is 5.41 Å². The summed E-state index contributed by atoms with van der Waals surface area (Å²) in [6.07, 6.45) is 0. The van der Waals surface area contributed by atoms with E-state index in [4.69, 9.17) is 0 Å². The normalized spacial score (nSPS) is 12.8. The molecule has 0 N–H and O–H groups in total. The first-order valence-corrected chi connectivity index (χ1v) is 19.8. The van der Waals surface area contributed by atoms with E-state index in [1.165, 1.54) is 72.3 Å². The molecule has 0 aromatic heterocycles. The van der Waals surface area contributed by atoms with Gasteiger partial charge in [-0.1, -0.05) is 184 Å². The van der Waals surface area contributed by atoms with Gasteiger partial charge in [0, 0.05) is 33.4 Å². The maximum absolute atomic E-state index is 2.54. The van der Waals surface area contributed by atoms with E-state index in [1.54, 1.807) is 0 Å². The second-order valence-corrected chi connectivity index (χ2v) is 15.4. The van der Waals surface area contributed by atoms with Gasteiger partial charge >= 0.3 is 0 Å². The molecule has 2 heteroatoms. The molecule has 0 unspecified atom stereocenters. The molecule has 0 aliphatic carbocycles. The Morgan fingerprint density at radius 2 is 0.947 bits per heavy atom. The fourth-order valence-corrected chi connectivity index (χ4v) is 8.94. The van der Waals surface area contributed by atoms with Gasteiger partial charge in [-0.25, -0.2) is 0 Å². The van der Waals surface area contributed by atoms with Crippen molar-refractivity contribution in [3.63, 3.8) is 0 Å². The Morgan fingerprint density at radius 1 is 0.386 bits per heavy atom. The third-order valence-corrected chi connectivity index (χ3v) is 11.6. The molecule has 0 saturated carbocycles. The Morgan fingerprint density at radius 3 is 1.72 bits per heavy atom. The molecular formula is C55H42N2. The minimum absolute atomic E-state index is 0.293. The van der Waals surface area contributed by atoms with Gasteiger partial charge in [0.2, 0.25) is 0 Å². The lowest BCUT2D eigenvalue weighted by molar-refractivity contribution is 0.634. The standard InChI is InChI=1S/C55H42N2/c1-55(2)50-29-14-15-30-51(50)57(54-48-27-13-12-22-42(48)34-37-49(54)41-20-8-4-9-21-41)52-31-17-28-47(53(52)55)43-23-16-26-46(38-43)56(44-24-10-5-11-25-44)45-35-32-40(33-36-45)39-18-6-3-7-19-39/h3-38H,1-2H3. The van der Waals surface area contributed by atoms with Crippen LogP contribution in [0.5, 0.6) is 0 Å². The first-order chi connectivity index (χ1) is 28.1. The van der Waals surface area contributed by atoms with Crippen LogP contribution < -0.4 is 9.80 Å². The van der Waals surface area contributed by atoms with Crippen molar-refractivity contribution in [3.8, 4) is 33.4 Å². The van der Waals surface area contributed by atoms with Gasteiger partial charge < -0.3 is 9.80 Å². The number of hydrogen-bond acceptors (Lipinski definition) is 2. The highest BCUT2D eigenvalue weighted by Gasteiger charge is 2.39. The van der Waals surface area contributed by atoms with E-state index >= 15 is 0 Å². The molecule has 0 bridgehead atoms. The SMILES string of the molecule is CC1(C)c2ccccc2N(c2c(-c3ccccc3)ccc3ccccc23)c2cccc(-c3cccc(N(c4ccccc4)c4ccc(-c5ccccc5)cc4)c3)c21. The number of anilines is 6. The number of para-hydroxylation sites is 2. The highest BCUT2D eigenvalue weighted by molar-refractivity contribution is 6.08. The Hall–Kier alpha value is -7.16. The smallest absolute Gasteiger partial charge is 0.0618 e. The largest absolute Gasteiger partial charge is 0.310 e. The van der Waals surface area contributed by atoms with Gasteiger partial charge in [0.1, 0.15) is 0 Å². The van der Waals surface area contributed by atoms with Crippen LogP contribution in [0.3, 0.4) is 0 Å². The topological polar surface area (TPSA) is 6.48 Å². The van der Waals surface area contributed by atoms with Crippen molar-refractivity contribution in [1.82, 2.24) is 0 Å². The van der Waals surface area contributed by atoms with Crippen LogP contribution in [-0.2, 0) is 5.41 Å². The lowest BCUT2D eigenvalue weighted by Crippen LogP contribution is -2.31. The third-order valence-electron chi connectivity index (χ3n) is 11.6. The van der Waals surface area contributed by atoms with Gasteiger partial charge in [0.15, 0.2) is 0 Å². The zero-order valence-electron chi connectivity index (χ0n) is 32.2. The molecule has 1 aliphatic rings. The minimum atomic E-state index is -0.293. The molecule has 0 amide bonds. The Bertz CT molecular complexity index is 2860. The molecule has 0 atom stereocenters. The predicted octanol–water partition coefficient (Wildman–Crippen LogP) is 15.4. The van der Waals surface area contributed by atoms with Crippen molar-refractivity contribution in [1.29, 1.82) is 0 Å². The highest BCUT2D eigenvalue weighted by atomic mass is 15.2. The zero-order chi connectivity index (χ0) is 38.3. The highest BCUT2D eigenvalue weighted by Crippen LogP contribution is 2.57. The predicted molar refractivity (Wildman–Crippen MR) is 242 cm³/mol. The molecule has 272 valence electrons. The molecule has 9 aromatic rings. The van der Waals surface area contributed by atoms with E-state index in [1.807, 2.05) is 0 Å². The van der Waals surface area contributed by atoms with Crippen molar-refractivity contribution >= 4 is 44.9 Å². The molecule has 57 heavy (non-hydrogen) atoms. The fraction of sp³-hybridized carbons (Fsp3) is 0.0545. The molecule has 0 fully saturated rings. The van der Waals surface area contributed by atoms with Crippen molar-refractivity contribution in [3.05, 3.63) is 230 Å². The maximum Gasteiger partial charge on any atom is 0.0618 e. The maximum atomic E-state index is 2.54. The molecule has 10 rings (SSSR count). The summed E-state index contributed by atoms with van der Waals surface area (Å²) in [4.78, 5) is 4.90. The quantitative estimate of drug-likeness (QED) is 0.161. The third kappa shape index (κ3) is 5.98. The number of rotatable bonds is 7. The average Bonchev–Trinajstić information content (AvgIpc) is 3.28. The van der Waals surface area contributed by atoms with Crippen LogP contribution in [0, 0.1) is 0 Å². The van der Waals surface area contributed by atoms with Crippen LogP contribution in [-0.4, -0.2) is 0 Å². The van der Waals surface area contributed by atoms with Crippen LogP contribution in [0.25, 0.3) is 44.2 Å². The first kappa shape index (κ1) is 34.3. The van der Waals surface area contributed by atoms with Crippen LogP contribution in [0.2, 0.25) is 0 Å². The Kier molecular flexibility index (Phi) is 8.53. The second-order valence-electron chi connectivity index (χ2n) is 15.4. The fourth-order valence-electron chi connectivity index (χ4n) is 8.94. The zero-order valence-corrected chi connectivity index (χ0v) is 32.2. The number of benzene rings is 9. The molecule has 1 aliphatic heterocycles. The summed E-state index contributed by atoms with van der Waals surface area (Å²) in [6, 6.07) is 79.3. The summed E-state index contributed by atoms with van der Waals surface area (Å²) < 4.78 is 0. The van der Waals surface area contributed by atoms with Gasteiger partial charge in [-0.3, -0.25) is 0 Å². The molecule has 0 saturated heterocycles. The lowest BCUT2D eigenvalue weighted by Gasteiger charge is -2.44. The van der Waals surface area contributed by atoms with Crippen molar-refractivity contribution in [2.45, 2.75) is 19.3 Å². The van der Waals surface area contributed by atoms with Crippen molar-refractivity contribution in [2.75, 3.05) is 9.80 Å². The molecule has 0 radical (unpaired) electrons. The monoisotopic (exact) mass is 730 g/mol. The van der Waals surface area contributed by atoms with Gasteiger partial charge in [0.25, 0.3) is 0 Å². The van der Waals surface area contributed by atoms with Crippen LogP contribution in [0.1, 0.15) is 25.0 Å². The molecule has 2 nitrogen and oxygen atoms in total. The second kappa shape index (κ2) is 14.2. The molecule has 9 aromatic carbocycles. The molecule has 0 spiro atoms. The van der Waals surface area contributed by atoms with Crippen molar-refractivity contribution < 1.29 is 0 Å². The van der Waals surface area contributed by atoms with Gasteiger partial charge in [0.05, 0.1) is 17.1 Å². The summed E-state index contributed by atoms with van der Waals surface area (Å²) in [7, 11) is 0. The Balaban J connectivity index is 1.17. The van der Waals surface area contributed by atoms with Gasteiger partial charge in [-0.2, -0.15) is 0 Å². The average molecular weight is 731 g/mol. The molecular weight excluding hydrogens is 689 g/mol. The summed E-state index contributed by atoms with van der Waals surface area (Å²) in [5.74, 6) is 0. The number of fused-ring (bicyclic) bond motifs is 3. The van der Waals surface area contributed by atoms with Crippen LogP contribution in [0.15, 0.2) is 218 Å². The van der Waals surface area contributed by atoms with E-state index in [9.17, 15) is 0 Å². The van der Waals surface area contributed by atoms with Crippen LogP contribution in [0.4, 0.5) is 34.1 Å². The molecule has 1 heterocycles. The number of hydrogen-bond donors (Lipinski definition) is 0.